The molecular formula is C20H23N3O. The maximum Gasteiger partial charge on any atom is 0.142 e. The van der Waals surface area contributed by atoms with Gasteiger partial charge in [-0.3, -0.25) is 0 Å². The zero-order valence-electron chi connectivity index (χ0n) is 14.1. The van der Waals surface area contributed by atoms with Crippen LogP contribution in [0.3, 0.4) is 0 Å². The fourth-order valence-corrected chi connectivity index (χ4v) is 3.31. The Kier molecular flexibility index (Phi) is 5.00. The number of aromatic nitrogens is 1. The Morgan fingerprint density at radius 2 is 1.92 bits per heavy atom. The Bertz CT molecular complexity index is 760. The Balaban J connectivity index is 2.08. The molecule has 0 saturated heterocycles. The third-order valence-corrected chi connectivity index (χ3v) is 4.48. The number of benzene rings is 1. The van der Waals surface area contributed by atoms with E-state index >= 15 is 0 Å². The maximum absolute atomic E-state index is 9.61. The average Bonchev–Trinajstić information content (AvgIpc) is 2.84. The van der Waals surface area contributed by atoms with Crippen LogP contribution in [0.5, 0.6) is 5.75 Å². The number of pyridine rings is 1. The number of aryl methyl sites for hydroxylation is 1. The molecule has 24 heavy (non-hydrogen) atoms. The predicted molar refractivity (Wildman–Crippen MR) is 95.8 cm³/mol. The van der Waals surface area contributed by atoms with Crippen LogP contribution in [0.25, 0.3) is 11.1 Å². The van der Waals surface area contributed by atoms with E-state index in [1.807, 2.05) is 24.3 Å². The van der Waals surface area contributed by atoms with Crippen molar-refractivity contribution in [2.45, 2.75) is 45.4 Å². The molecular weight excluding hydrogens is 298 g/mol. The van der Waals surface area contributed by atoms with E-state index in [9.17, 15) is 5.26 Å². The highest BCUT2D eigenvalue weighted by atomic mass is 16.5. The highest BCUT2D eigenvalue weighted by molar-refractivity contribution is 5.79. The van der Waals surface area contributed by atoms with Crippen molar-refractivity contribution >= 4 is 5.82 Å². The molecule has 124 valence electrons. The van der Waals surface area contributed by atoms with Crippen LogP contribution in [0.4, 0.5) is 5.82 Å². The molecule has 2 N–H and O–H groups in total. The fourth-order valence-electron chi connectivity index (χ4n) is 3.31. The summed E-state index contributed by atoms with van der Waals surface area (Å²) >= 11 is 0. The zero-order chi connectivity index (χ0) is 16.9. The number of ether oxygens (including phenoxy) is 1. The van der Waals surface area contributed by atoms with Crippen LogP contribution < -0.4 is 10.5 Å². The number of hydrogen-bond donors (Lipinski definition) is 1. The van der Waals surface area contributed by atoms with Crippen molar-refractivity contribution in [1.82, 2.24) is 4.98 Å². The fraction of sp³-hybridized carbons (Fsp3) is 0.400. The molecule has 4 heteroatoms. The number of hydrogen-bond acceptors (Lipinski definition) is 4. The lowest BCUT2D eigenvalue weighted by Crippen LogP contribution is -2.07. The maximum atomic E-state index is 9.61. The van der Waals surface area contributed by atoms with Gasteiger partial charge in [0, 0.05) is 11.3 Å². The van der Waals surface area contributed by atoms with E-state index < -0.39 is 0 Å². The molecule has 2 aromatic rings. The SMILES string of the molecule is CCCOc1ccc(-c2c(C#N)c(N)nc3c2CCCCC3)cc1. The minimum Gasteiger partial charge on any atom is -0.494 e. The second kappa shape index (κ2) is 7.35. The van der Waals surface area contributed by atoms with Crippen LogP contribution in [-0.2, 0) is 12.8 Å². The largest absolute Gasteiger partial charge is 0.494 e. The Labute approximate surface area is 143 Å². The number of anilines is 1. The second-order valence-corrected chi connectivity index (χ2v) is 6.22. The molecule has 0 bridgehead atoms. The van der Waals surface area contributed by atoms with Gasteiger partial charge in [-0.2, -0.15) is 5.26 Å². The topological polar surface area (TPSA) is 71.9 Å². The summed E-state index contributed by atoms with van der Waals surface area (Å²) in [5.74, 6) is 1.20. The van der Waals surface area contributed by atoms with Crippen molar-refractivity contribution in [3.8, 4) is 22.9 Å². The lowest BCUT2D eigenvalue weighted by molar-refractivity contribution is 0.317. The molecule has 1 aliphatic rings. The quantitative estimate of drug-likeness (QED) is 0.854. The number of nitrogen functional groups attached to an aromatic ring is 1. The van der Waals surface area contributed by atoms with Crippen molar-refractivity contribution < 1.29 is 4.74 Å². The van der Waals surface area contributed by atoms with Gasteiger partial charge in [0.25, 0.3) is 0 Å². The molecule has 0 atom stereocenters. The van der Waals surface area contributed by atoms with E-state index in [2.05, 4.69) is 18.0 Å². The highest BCUT2D eigenvalue weighted by Crippen LogP contribution is 2.35. The lowest BCUT2D eigenvalue weighted by atomic mass is 9.92. The molecule has 0 unspecified atom stereocenters. The normalized spacial score (nSPS) is 13.7. The molecule has 3 rings (SSSR count). The minimum absolute atomic E-state index is 0.347. The third-order valence-electron chi connectivity index (χ3n) is 4.48. The number of rotatable bonds is 4. The number of nitriles is 1. The summed E-state index contributed by atoms with van der Waals surface area (Å²) in [7, 11) is 0. The molecule has 1 aromatic carbocycles. The van der Waals surface area contributed by atoms with E-state index in [4.69, 9.17) is 10.5 Å². The summed E-state index contributed by atoms with van der Waals surface area (Å²) in [6.07, 6.45) is 6.34. The number of nitrogens with zero attached hydrogens (tertiary/aromatic N) is 2. The van der Waals surface area contributed by atoms with E-state index in [0.717, 1.165) is 54.7 Å². The molecule has 0 fully saturated rings. The molecule has 1 aliphatic carbocycles. The van der Waals surface area contributed by atoms with Gasteiger partial charge < -0.3 is 10.5 Å². The van der Waals surface area contributed by atoms with Crippen LogP contribution in [-0.4, -0.2) is 11.6 Å². The standard InChI is InChI=1S/C20H23N3O/c1-2-12-24-15-10-8-14(9-11-15)19-16-6-4-3-5-7-18(16)23-20(22)17(19)13-21/h8-11H,2-7,12H2,1H3,(H2,22,23). The summed E-state index contributed by atoms with van der Waals surface area (Å²) in [6.45, 7) is 2.79. The molecule has 0 saturated carbocycles. The zero-order valence-corrected chi connectivity index (χ0v) is 14.1. The third kappa shape index (κ3) is 3.21. The minimum atomic E-state index is 0.347. The van der Waals surface area contributed by atoms with Gasteiger partial charge in [0.1, 0.15) is 23.2 Å². The first kappa shape index (κ1) is 16.3. The van der Waals surface area contributed by atoms with E-state index in [0.29, 0.717) is 18.0 Å². The van der Waals surface area contributed by atoms with E-state index in [-0.39, 0.29) is 0 Å². The van der Waals surface area contributed by atoms with Crippen molar-refractivity contribution in [2.24, 2.45) is 0 Å². The number of nitrogens with two attached hydrogens (primary N) is 1. The molecule has 4 nitrogen and oxygen atoms in total. The van der Waals surface area contributed by atoms with Crippen molar-refractivity contribution in [2.75, 3.05) is 12.3 Å². The number of fused-ring (bicyclic) bond motifs is 1. The van der Waals surface area contributed by atoms with E-state index in [1.54, 1.807) is 0 Å². The van der Waals surface area contributed by atoms with Gasteiger partial charge in [0.05, 0.1) is 6.61 Å². The average molecular weight is 321 g/mol. The van der Waals surface area contributed by atoms with Gasteiger partial charge in [-0.1, -0.05) is 25.5 Å². The molecule has 0 amide bonds. The molecule has 1 aromatic heterocycles. The summed E-state index contributed by atoms with van der Waals surface area (Å²) in [5.41, 5.74) is 10.8. The molecule has 1 heterocycles. The van der Waals surface area contributed by atoms with Gasteiger partial charge >= 0.3 is 0 Å². The second-order valence-electron chi connectivity index (χ2n) is 6.22. The van der Waals surface area contributed by atoms with Gasteiger partial charge in [-0.15, -0.1) is 0 Å². The Morgan fingerprint density at radius 3 is 2.62 bits per heavy atom. The lowest BCUT2D eigenvalue weighted by Gasteiger charge is -2.16. The Hall–Kier alpha value is -2.54. The summed E-state index contributed by atoms with van der Waals surface area (Å²) in [4.78, 5) is 4.52. The van der Waals surface area contributed by atoms with Gasteiger partial charge in [-0.25, -0.2) is 4.98 Å². The van der Waals surface area contributed by atoms with Crippen molar-refractivity contribution in [3.63, 3.8) is 0 Å². The van der Waals surface area contributed by atoms with Crippen molar-refractivity contribution in [3.05, 3.63) is 41.1 Å². The van der Waals surface area contributed by atoms with Gasteiger partial charge in [0.15, 0.2) is 0 Å². The van der Waals surface area contributed by atoms with Crippen molar-refractivity contribution in [1.29, 1.82) is 5.26 Å². The van der Waals surface area contributed by atoms with Gasteiger partial charge in [0.2, 0.25) is 0 Å². The monoisotopic (exact) mass is 321 g/mol. The molecule has 0 spiro atoms. The van der Waals surface area contributed by atoms with Crippen LogP contribution in [0.15, 0.2) is 24.3 Å². The smallest absolute Gasteiger partial charge is 0.142 e. The van der Waals surface area contributed by atoms with Crippen LogP contribution in [0, 0.1) is 11.3 Å². The molecule has 0 aliphatic heterocycles. The van der Waals surface area contributed by atoms with Crippen LogP contribution in [0.2, 0.25) is 0 Å². The summed E-state index contributed by atoms with van der Waals surface area (Å²) in [6, 6.07) is 10.2. The summed E-state index contributed by atoms with van der Waals surface area (Å²) < 4.78 is 5.66. The van der Waals surface area contributed by atoms with E-state index in [1.165, 1.54) is 12.0 Å². The predicted octanol–water partition coefficient (Wildman–Crippen LogP) is 4.26. The summed E-state index contributed by atoms with van der Waals surface area (Å²) in [5, 5.41) is 9.61. The van der Waals surface area contributed by atoms with Crippen LogP contribution in [0.1, 0.15) is 49.4 Å². The first-order chi connectivity index (χ1) is 11.7. The van der Waals surface area contributed by atoms with Crippen LogP contribution >= 0.6 is 0 Å². The first-order valence-electron chi connectivity index (χ1n) is 8.69. The molecule has 0 radical (unpaired) electrons. The first-order valence-corrected chi connectivity index (χ1v) is 8.69. The highest BCUT2D eigenvalue weighted by Gasteiger charge is 2.21. The van der Waals surface area contributed by atoms with Gasteiger partial charge in [-0.05, 0) is 55.4 Å². The Morgan fingerprint density at radius 1 is 1.17 bits per heavy atom.